The van der Waals surface area contributed by atoms with Crippen molar-refractivity contribution in [3.05, 3.63) is 36.3 Å². The van der Waals surface area contributed by atoms with Gasteiger partial charge in [-0.15, -0.1) is 0 Å². The second-order valence-corrected chi connectivity index (χ2v) is 5.73. The number of likely N-dealkylation sites (tertiary alicyclic amines) is 1. The van der Waals surface area contributed by atoms with Gasteiger partial charge < -0.3 is 9.73 Å². The summed E-state index contributed by atoms with van der Waals surface area (Å²) >= 11 is 0. The maximum absolute atomic E-state index is 12.2. The number of rotatable bonds is 4. The molecule has 2 aliphatic rings. The number of furan rings is 1. The number of imide groups is 2. The van der Waals surface area contributed by atoms with E-state index in [0.29, 0.717) is 18.6 Å². The van der Waals surface area contributed by atoms with Crippen molar-refractivity contribution in [3.63, 3.8) is 0 Å². The molecule has 0 saturated carbocycles. The maximum atomic E-state index is 12.2. The van der Waals surface area contributed by atoms with Crippen molar-refractivity contribution in [2.24, 2.45) is 11.8 Å². The van der Waals surface area contributed by atoms with Crippen LogP contribution in [0.25, 0.3) is 0 Å². The van der Waals surface area contributed by atoms with Crippen LogP contribution in [0.1, 0.15) is 18.6 Å². The molecule has 126 valence electrons. The van der Waals surface area contributed by atoms with Crippen LogP contribution in [0.4, 0.5) is 4.79 Å². The second-order valence-electron chi connectivity index (χ2n) is 5.73. The Balaban J connectivity index is 1.50. The topological polar surface area (TPSA) is 109 Å². The van der Waals surface area contributed by atoms with E-state index in [2.05, 4.69) is 10.6 Å². The van der Waals surface area contributed by atoms with Crippen LogP contribution in [-0.4, -0.2) is 35.2 Å². The SMILES string of the molecule is O=C(CN1C(=O)[C@H]2CC=CC[C@@H]2C1=O)NC(=O)NCc1ccco1. The van der Waals surface area contributed by atoms with Crippen molar-refractivity contribution in [1.82, 2.24) is 15.5 Å². The number of allylic oxidation sites excluding steroid dienone is 2. The van der Waals surface area contributed by atoms with Crippen LogP contribution in [0.2, 0.25) is 0 Å². The Kier molecular flexibility index (Phi) is 4.45. The van der Waals surface area contributed by atoms with E-state index in [1.807, 2.05) is 12.2 Å². The Morgan fingerprint density at radius 1 is 1.17 bits per heavy atom. The number of carbonyl (C=O) groups excluding carboxylic acids is 4. The predicted octanol–water partition coefficient (Wildman–Crippen LogP) is 0.557. The van der Waals surface area contributed by atoms with Gasteiger partial charge in [-0.1, -0.05) is 12.2 Å². The van der Waals surface area contributed by atoms with Crippen LogP contribution in [0.3, 0.4) is 0 Å². The van der Waals surface area contributed by atoms with Crippen LogP contribution in [0.5, 0.6) is 0 Å². The van der Waals surface area contributed by atoms with E-state index >= 15 is 0 Å². The van der Waals surface area contributed by atoms with Gasteiger partial charge in [0.05, 0.1) is 24.6 Å². The minimum atomic E-state index is -0.713. The lowest BCUT2D eigenvalue weighted by Crippen LogP contribution is -2.46. The average molecular weight is 331 g/mol. The summed E-state index contributed by atoms with van der Waals surface area (Å²) in [5, 5.41) is 4.55. The van der Waals surface area contributed by atoms with E-state index in [0.717, 1.165) is 4.90 Å². The quantitative estimate of drug-likeness (QED) is 0.619. The zero-order valence-corrected chi connectivity index (χ0v) is 12.9. The third-order valence-corrected chi connectivity index (χ3v) is 4.16. The Morgan fingerprint density at radius 2 is 1.83 bits per heavy atom. The van der Waals surface area contributed by atoms with Gasteiger partial charge in [0.25, 0.3) is 0 Å². The Hall–Kier alpha value is -2.90. The number of hydrogen-bond donors (Lipinski definition) is 2. The van der Waals surface area contributed by atoms with Gasteiger partial charge >= 0.3 is 6.03 Å². The smallest absolute Gasteiger partial charge is 0.321 e. The van der Waals surface area contributed by atoms with Gasteiger partial charge in [-0.3, -0.25) is 24.6 Å². The molecule has 24 heavy (non-hydrogen) atoms. The standard InChI is InChI=1S/C16H17N3O5/c20-13(18-16(23)17-8-10-4-3-7-24-10)9-19-14(21)11-5-1-2-6-12(11)15(19)22/h1-4,7,11-12H,5-6,8-9H2,(H2,17,18,20,23)/t11-,12-/m0/s1. The van der Waals surface area contributed by atoms with Crippen molar-refractivity contribution in [1.29, 1.82) is 0 Å². The van der Waals surface area contributed by atoms with Gasteiger partial charge in [0.15, 0.2) is 0 Å². The van der Waals surface area contributed by atoms with Crippen LogP contribution in [0.15, 0.2) is 35.0 Å². The highest BCUT2D eigenvalue weighted by atomic mass is 16.3. The number of hydrogen-bond acceptors (Lipinski definition) is 5. The Morgan fingerprint density at radius 3 is 2.42 bits per heavy atom. The van der Waals surface area contributed by atoms with E-state index in [1.165, 1.54) is 6.26 Å². The van der Waals surface area contributed by atoms with E-state index in [9.17, 15) is 19.2 Å². The molecule has 0 aromatic carbocycles. The first-order valence-electron chi connectivity index (χ1n) is 7.66. The van der Waals surface area contributed by atoms with Gasteiger partial charge in [0.1, 0.15) is 12.3 Å². The van der Waals surface area contributed by atoms with Crippen molar-refractivity contribution >= 4 is 23.8 Å². The molecule has 1 aliphatic heterocycles. The fraction of sp³-hybridized carbons (Fsp3) is 0.375. The highest BCUT2D eigenvalue weighted by Gasteiger charge is 2.47. The van der Waals surface area contributed by atoms with Crippen molar-refractivity contribution in [2.45, 2.75) is 19.4 Å². The summed E-state index contributed by atoms with van der Waals surface area (Å²) in [4.78, 5) is 49.0. The van der Waals surface area contributed by atoms with Crippen molar-refractivity contribution in [2.75, 3.05) is 6.54 Å². The summed E-state index contributed by atoms with van der Waals surface area (Å²) in [6.07, 6.45) is 6.24. The van der Waals surface area contributed by atoms with Gasteiger partial charge in [-0.2, -0.15) is 0 Å². The molecular weight excluding hydrogens is 314 g/mol. The van der Waals surface area contributed by atoms with Gasteiger partial charge in [-0.25, -0.2) is 4.79 Å². The molecule has 8 nitrogen and oxygen atoms in total. The number of amides is 5. The van der Waals surface area contributed by atoms with E-state index in [-0.39, 0.29) is 30.2 Å². The number of urea groups is 1. The van der Waals surface area contributed by atoms with Crippen molar-refractivity contribution < 1.29 is 23.6 Å². The number of nitrogens with zero attached hydrogens (tertiary/aromatic N) is 1. The fourth-order valence-corrected chi connectivity index (χ4v) is 2.96. The molecule has 0 unspecified atom stereocenters. The van der Waals surface area contributed by atoms with E-state index < -0.39 is 18.5 Å². The van der Waals surface area contributed by atoms with Gasteiger partial charge in [-0.05, 0) is 25.0 Å². The first-order valence-corrected chi connectivity index (χ1v) is 7.66. The summed E-state index contributed by atoms with van der Waals surface area (Å²) in [6.45, 7) is -0.317. The normalized spacial score (nSPS) is 22.4. The highest BCUT2D eigenvalue weighted by Crippen LogP contribution is 2.34. The zero-order valence-electron chi connectivity index (χ0n) is 12.9. The maximum Gasteiger partial charge on any atom is 0.321 e. The highest BCUT2D eigenvalue weighted by molar-refractivity contribution is 6.08. The first-order chi connectivity index (χ1) is 11.6. The first kappa shape index (κ1) is 16.0. The number of fused-ring (bicyclic) bond motifs is 1. The Labute approximate surface area is 137 Å². The molecule has 2 atom stereocenters. The minimum absolute atomic E-state index is 0.128. The van der Waals surface area contributed by atoms with Crippen LogP contribution in [-0.2, 0) is 20.9 Å². The summed E-state index contributed by atoms with van der Waals surface area (Å²) < 4.78 is 5.05. The molecule has 1 aromatic rings. The second kappa shape index (κ2) is 6.69. The molecular formula is C16H17N3O5. The molecule has 1 saturated heterocycles. The van der Waals surface area contributed by atoms with Crippen molar-refractivity contribution in [3.8, 4) is 0 Å². The molecule has 2 heterocycles. The molecule has 1 aromatic heterocycles. The van der Waals surface area contributed by atoms with E-state index in [4.69, 9.17) is 4.42 Å². The minimum Gasteiger partial charge on any atom is -0.467 e. The molecule has 0 radical (unpaired) electrons. The number of nitrogens with one attached hydrogen (secondary N) is 2. The van der Waals surface area contributed by atoms with E-state index in [1.54, 1.807) is 12.1 Å². The largest absolute Gasteiger partial charge is 0.467 e. The fourth-order valence-electron chi connectivity index (χ4n) is 2.96. The molecule has 0 spiro atoms. The lowest BCUT2D eigenvalue weighted by Gasteiger charge is -2.14. The summed E-state index contributed by atoms with van der Waals surface area (Å²) in [6, 6.07) is 2.65. The molecule has 8 heteroatoms. The molecule has 2 N–H and O–H groups in total. The summed E-state index contributed by atoms with van der Waals surface area (Å²) in [7, 11) is 0. The predicted molar refractivity (Wildman–Crippen MR) is 81.2 cm³/mol. The molecule has 1 fully saturated rings. The molecule has 1 aliphatic carbocycles. The zero-order chi connectivity index (χ0) is 17.1. The third kappa shape index (κ3) is 3.22. The summed E-state index contributed by atoms with van der Waals surface area (Å²) in [5.74, 6) is -1.63. The molecule has 0 bridgehead atoms. The van der Waals surface area contributed by atoms with Crippen LogP contribution >= 0.6 is 0 Å². The molecule has 5 amide bonds. The summed E-state index contributed by atoms with van der Waals surface area (Å²) in [5.41, 5.74) is 0. The van der Waals surface area contributed by atoms with Crippen LogP contribution < -0.4 is 10.6 Å². The monoisotopic (exact) mass is 331 g/mol. The molecule has 3 rings (SSSR count). The average Bonchev–Trinajstić information content (AvgIpc) is 3.17. The number of carbonyl (C=O) groups is 4. The third-order valence-electron chi connectivity index (χ3n) is 4.16. The lowest BCUT2D eigenvalue weighted by atomic mass is 9.85. The van der Waals surface area contributed by atoms with Gasteiger partial charge in [0.2, 0.25) is 17.7 Å². The lowest BCUT2D eigenvalue weighted by molar-refractivity contribution is -0.143. The van der Waals surface area contributed by atoms with Gasteiger partial charge in [0, 0.05) is 0 Å². The van der Waals surface area contributed by atoms with Crippen LogP contribution in [0, 0.1) is 11.8 Å². The Bertz CT molecular complexity index is 669.